The van der Waals surface area contributed by atoms with Crippen molar-refractivity contribution in [2.75, 3.05) is 0 Å². The second-order valence-corrected chi connectivity index (χ2v) is 4.53. The molecule has 0 saturated heterocycles. The zero-order valence-corrected chi connectivity index (χ0v) is 10.9. The summed E-state index contributed by atoms with van der Waals surface area (Å²) in [6, 6.07) is 7.99. The SMILES string of the molecule is CCC1=N[C@@H]([C@@H](N=[N+]=[N-])C(=O)c2ccccc2)CC1. The lowest BCUT2D eigenvalue weighted by molar-refractivity contribution is 0.0950. The monoisotopic (exact) mass is 256 g/mol. The van der Waals surface area contributed by atoms with Crippen LogP contribution in [-0.2, 0) is 0 Å². The highest BCUT2D eigenvalue weighted by atomic mass is 16.1. The van der Waals surface area contributed by atoms with Gasteiger partial charge in [-0.25, -0.2) is 0 Å². The number of azide groups is 1. The fourth-order valence-corrected chi connectivity index (χ4v) is 2.31. The number of hydrogen-bond acceptors (Lipinski definition) is 3. The summed E-state index contributed by atoms with van der Waals surface area (Å²) in [5, 5.41) is 3.68. The van der Waals surface area contributed by atoms with Crippen molar-refractivity contribution in [3.8, 4) is 0 Å². The summed E-state index contributed by atoms with van der Waals surface area (Å²) in [4.78, 5) is 19.7. The molecular formula is C14H16N4O. The maximum absolute atomic E-state index is 12.4. The topological polar surface area (TPSA) is 78.2 Å². The highest BCUT2D eigenvalue weighted by Crippen LogP contribution is 2.23. The summed E-state index contributed by atoms with van der Waals surface area (Å²) in [6.07, 6.45) is 2.56. The van der Waals surface area contributed by atoms with Crippen molar-refractivity contribution in [2.24, 2.45) is 10.1 Å². The largest absolute Gasteiger partial charge is 0.294 e. The van der Waals surface area contributed by atoms with Crippen LogP contribution in [0.4, 0.5) is 0 Å². The van der Waals surface area contributed by atoms with E-state index in [0.29, 0.717) is 5.56 Å². The predicted octanol–water partition coefficient (Wildman–Crippen LogP) is 3.56. The van der Waals surface area contributed by atoms with Gasteiger partial charge in [-0.3, -0.25) is 9.79 Å². The number of nitrogens with zero attached hydrogens (tertiary/aromatic N) is 4. The lowest BCUT2D eigenvalue weighted by Crippen LogP contribution is -2.29. The van der Waals surface area contributed by atoms with E-state index in [4.69, 9.17) is 5.53 Å². The van der Waals surface area contributed by atoms with E-state index in [2.05, 4.69) is 15.0 Å². The van der Waals surface area contributed by atoms with Crippen molar-refractivity contribution in [3.05, 3.63) is 46.3 Å². The molecule has 0 fully saturated rings. The molecule has 0 bridgehead atoms. The summed E-state index contributed by atoms with van der Waals surface area (Å²) >= 11 is 0. The molecule has 5 heteroatoms. The molecule has 19 heavy (non-hydrogen) atoms. The first-order valence-electron chi connectivity index (χ1n) is 6.45. The van der Waals surface area contributed by atoms with E-state index in [1.807, 2.05) is 13.0 Å². The summed E-state index contributed by atoms with van der Waals surface area (Å²) in [5.41, 5.74) is 10.3. The van der Waals surface area contributed by atoms with E-state index in [-0.39, 0.29) is 11.8 Å². The Hall–Kier alpha value is -2.13. The number of aliphatic imine (C=N–C) groups is 1. The van der Waals surface area contributed by atoms with Gasteiger partial charge in [-0.15, -0.1) is 0 Å². The van der Waals surface area contributed by atoms with Crippen LogP contribution in [0.1, 0.15) is 36.5 Å². The molecule has 0 amide bonds. The smallest absolute Gasteiger partial charge is 0.173 e. The Balaban J connectivity index is 2.24. The number of carbonyl (C=O) groups is 1. The van der Waals surface area contributed by atoms with Crippen LogP contribution in [-0.4, -0.2) is 23.6 Å². The Labute approximate surface area is 112 Å². The number of ketones is 1. The molecule has 1 aliphatic heterocycles. The Morgan fingerprint density at radius 1 is 1.53 bits per heavy atom. The minimum absolute atomic E-state index is 0.149. The molecule has 0 aliphatic carbocycles. The van der Waals surface area contributed by atoms with Crippen LogP contribution in [0.15, 0.2) is 40.4 Å². The minimum Gasteiger partial charge on any atom is -0.294 e. The van der Waals surface area contributed by atoms with Gasteiger partial charge in [0.25, 0.3) is 0 Å². The van der Waals surface area contributed by atoms with Crippen molar-refractivity contribution >= 4 is 11.5 Å². The van der Waals surface area contributed by atoms with Crippen LogP contribution in [0.2, 0.25) is 0 Å². The number of Topliss-reactive ketones (excluding diaryl/α,β-unsaturated/α-hetero) is 1. The lowest BCUT2D eigenvalue weighted by atomic mass is 9.97. The molecule has 2 rings (SSSR count). The predicted molar refractivity (Wildman–Crippen MR) is 74.5 cm³/mol. The molecule has 5 nitrogen and oxygen atoms in total. The first-order valence-corrected chi connectivity index (χ1v) is 6.45. The lowest BCUT2D eigenvalue weighted by Gasteiger charge is -2.14. The van der Waals surface area contributed by atoms with Crippen LogP contribution < -0.4 is 0 Å². The van der Waals surface area contributed by atoms with Crippen LogP contribution >= 0.6 is 0 Å². The average molecular weight is 256 g/mol. The second kappa shape index (κ2) is 6.16. The minimum atomic E-state index is -0.726. The maximum atomic E-state index is 12.4. The molecule has 0 spiro atoms. The van der Waals surface area contributed by atoms with Gasteiger partial charge in [0.05, 0.1) is 6.04 Å². The maximum Gasteiger partial charge on any atom is 0.173 e. The molecule has 0 N–H and O–H groups in total. The summed E-state index contributed by atoms with van der Waals surface area (Å²) in [5.74, 6) is -0.149. The third-order valence-electron chi connectivity index (χ3n) is 3.35. The quantitative estimate of drug-likeness (QED) is 0.343. The molecule has 0 saturated carbocycles. The highest BCUT2D eigenvalue weighted by Gasteiger charge is 2.30. The van der Waals surface area contributed by atoms with Gasteiger partial charge in [-0.2, -0.15) is 0 Å². The molecule has 1 aromatic carbocycles. The van der Waals surface area contributed by atoms with E-state index < -0.39 is 6.04 Å². The Kier molecular flexibility index (Phi) is 4.31. The fourth-order valence-electron chi connectivity index (χ4n) is 2.31. The Bertz CT molecular complexity index is 532. The zero-order chi connectivity index (χ0) is 13.7. The van der Waals surface area contributed by atoms with Crippen LogP contribution in [0, 0.1) is 0 Å². The zero-order valence-electron chi connectivity index (χ0n) is 10.9. The van der Waals surface area contributed by atoms with E-state index >= 15 is 0 Å². The first-order chi connectivity index (χ1) is 9.26. The van der Waals surface area contributed by atoms with Crippen molar-refractivity contribution in [2.45, 2.75) is 38.3 Å². The van der Waals surface area contributed by atoms with Gasteiger partial charge in [0.2, 0.25) is 0 Å². The van der Waals surface area contributed by atoms with E-state index in [0.717, 1.165) is 25.0 Å². The summed E-state index contributed by atoms with van der Waals surface area (Å²) in [6.45, 7) is 2.04. The third-order valence-corrected chi connectivity index (χ3v) is 3.35. The van der Waals surface area contributed by atoms with Crippen molar-refractivity contribution < 1.29 is 4.79 Å². The van der Waals surface area contributed by atoms with E-state index in [1.165, 1.54) is 0 Å². The van der Waals surface area contributed by atoms with Crippen LogP contribution in [0.25, 0.3) is 10.4 Å². The van der Waals surface area contributed by atoms with Crippen molar-refractivity contribution in [1.82, 2.24) is 0 Å². The molecule has 1 aliphatic rings. The van der Waals surface area contributed by atoms with Gasteiger partial charge < -0.3 is 0 Å². The third kappa shape index (κ3) is 3.01. The summed E-state index contributed by atoms with van der Waals surface area (Å²) < 4.78 is 0. The van der Waals surface area contributed by atoms with Gasteiger partial charge in [-0.05, 0) is 24.8 Å². The van der Waals surface area contributed by atoms with E-state index in [1.54, 1.807) is 24.3 Å². The molecule has 1 aromatic rings. The Morgan fingerprint density at radius 2 is 2.26 bits per heavy atom. The number of hydrogen-bond donors (Lipinski definition) is 0. The molecule has 0 radical (unpaired) electrons. The second-order valence-electron chi connectivity index (χ2n) is 4.53. The molecule has 0 aromatic heterocycles. The highest BCUT2D eigenvalue weighted by molar-refractivity contribution is 6.01. The number of rotatable bonds is 5. The number of carbonyl (C=O) groups excluding carboxylic acids is 1. The van der Waals surface area contributed by atoms with Crippen LogP contribution in [0.5, 0.6) is 0 Å². The standard InChI is InChI=1S/C14H16N4O/c1-2-11-8-9-12(16-11)13(17-18-15)14(19)10-6-4-3-5-7-10/h3-7,12-13H,2,8-9H2,1H3/t12-,13-/m1/s1. The Morgan fingerprint density at radius 3 is 2.84 bits per heavy atom. The van der Waals surface area contributed by atoms with Crippen LogP contribution in [0.3, 0.4) is 0 Å². The summed E-state index contributed by atoms with van der Waals surface area (Å²) in [7, 11) is 0. The van der Waals surface area contributed by atoms with E-state index in [9.17, 15) is 4.79 Å². The van der Waals surface area contributed by atoms with Gasteiger partial charge in [-0.1, -0.05) is 42.4 Å². The number of benzene rings is 1. The van der Waals surface area contributed by atoms with Gasteiger partial charge in [0.15, 0.2) is 5.78 Å². The molecule has 0 unspecified atom stereocenters. The van der Waals surface area contributed by atoms with Gasteiger partial charge in [0, 0.05) is 16.2 Å². The molecule has 1 heterocycles. The fraction of sp³-hybridized carbons (Fsp3) is 0.429. The van der Waals surface area contributed by atoms with Gasteiger partial charge >= 0.3 is 0 Å². The van der Waals surface area contributed by atoms with Gasteiger partial charge in [0.1, 0.15) is 6.04 Å². The normalized spacial score (nSPS) is 19.4. The van der Waals surface area contributed by atoms with Crippen molar-refractivity contribution in [3.63, 3.8) is 0 Å². The first kappa shape index (κ1) is 13.3. The molecule has 98 valence electrons. The van der Waals surface area contributed by atoms with Crippen molar-refractivity contribution in [1.29, 1.82) is 0 Å². The molecule has 2 atom stereocenters. The average Bonchev–Trinajstić information content (AvgIpc) is 2.93. The molecular weight excluding hydrogens is 240 g/mol.